The zero-order chi connectivity index (χ0) is 20.1. The minimum Gasteiger partial charge on any atom is -0.497 e. The third kappa shape index (κ3) is 4.48. The van der Waals surface area contributed by atoms with Crippen LogP contribution in [0.1, 0.15) is 11.5 Å². The number of methoxy groups -OCH3 is 2. The molecule has 0 bridgehead atoms. The van der Waals surface area contributed by atoms with Crippen LogP contribution in [-0.2, 0) is 25.3 Å². The van der Waals surface area contributed by atoms with Crippen molar-refractivity contribution in [2.45, 2.75) is 11.6 Å². The Balaban J connectivity index is 1.62. The van der Waals surface area contributed by atoms with E-state index in [9.17, 15) is 4.79 Å². The lowest BCUT2D eigenvalue weighted by atomic mass is 10.2. The van der Waals surface area contributed by atoms with E-state index in [4.69, 9.17) is 9.47 Å². The molecule has 0 saturated heterocycles. The number of amides is 1. The minimum atomic E-state index is -0.163. The summed E-state index contributed by atoms with van der Waals surface area (Å²) < 4.78 is 14.5. The average molecular weight is 401 g/mol. The van der Waals surface area contributed by atoms with Crippen molar-refractivity contribution < 1.29 is 14.3 Å². The van der Waals surface area contributed by atoms with E-state index < -0.39 is 0 Å². The molecule has 148 valence electrons. The number of carbonyl (C=O) groups is 1. The van der Waals surface area contributed by atoms with Gasteiger partial charge in [-0.1, -0.05) is 11.8 Å². The number of hydrogen-bond donors (Lipinski definition) is 1. The minimum absolute atomic E-state index is 0.163. The fourth-order valence-electron chi connectivity index (χ4n) is 2.69. The first-order chi connectivity index (χ1) is 13.5. The molecule has 0 aliphatic rings. The first-order valence-electron chi connectivity index (χ1n) is 8.65. The maximum absolute atomic E-state index is 12.4. The molecule has 0 aliphatic carbocycles. The van der Waals surface area contributed by atoms with Crippen LogP contribution >= 0.6 is 11.8 Å². The standard InChI is InChI=1S/C19H23N5O3S/c1-23-9-5-6-13(23)10-17-21-22-19(24(17)2)28-12-18(25)20-15-11-14(26-3)7-8-16(15)27-4/h5-9,11H,10,12H2,1-4H3,(H,20,25). The van der Waals surface area contributed by atoms with Gasteiger partial charge in [0, 0.05) is 38.5 Å². The Labute approximate surface area is 167 Å². The molecular weight excluding hydrogens is 378 g/mol. The van der Waals surface area contributed by atoms with Gasteiger partial charge in [0.1, 0.15) is 17.3 Å². The van der Waals surface area contributed by atoms with Crippen molar-refractivity contribution in [3.63, 3.8) is 0 Å². The van der Waals surface area contributed by atoms with Gasteiger partial charge in [-0.25, -0.2) is 0 Å². The summed E-state index contributed by atoms with van der Waals surface area (Å²) in [5, 5.41) is 12.0. The molecule has 28 heavy (non-hydrogen) atoms. The number of benzene rings is 1. The molecule has 1 amide bonds. The zero-order valence-electron chi connectivity index (χ0n) is 16.3. The molecule has 9 heteroatoms. The maximum atomic E-state index is 12.4. The van der Waals surface area contributed by atoms with Gasteiger partial charge < -0.3 is 23.9 Å². The second kappa shape index (κ2) is 8.83. The molecule has 2 heterocycles. The third-order valence-corrected chi connectivity index (χ3v) is 5.35. The summed E-state index contributed by atoms with van der Waals surface area (Å²) in [6.07, 6.45) is 2.68. The second-order valence-corrected chi connectivity index (χ2v) is 7.09. The highest BCUT2D eigenvalue weighted by atomic mass is 32.2. The van der Waals surface area contributed by atoms with Gasteiger partial charge in [-0.05, 0) is 24.3 Å². The number of hydrogen-bond acceptors (Lipinski definition) is 6. The van der Waals surface area contributed by atoms with Crippen LogP contribution in [0.2, 0.25) is 0 Å². The van der Waals surface area contributed by atoms with Crippen molar-refractivity contribution >= 4 is 23.4 Å². The quantitative estimate of drug-likeness (QED) is 0.584. The Bertz CT molecular complexity index is 966. The summed E-state index contributed by atoms with van der Waals surface area (Å²) in [5.41, 5.74) is 1.71. The first kappa shape index (κ1) is 19.8. The van der Waals surface area contributed by atoms with Crippen LogP contribution in [0.4, 0.5) is 5.69 Å². The maximum Gasteiger partial charge on any atom is 0.234 e. The fraction of sp³-hybridized carbons (Fsp3) is 0.316. The third-order valence-electron chi connectivity index (χ3n) is 4.33. The van der Waals surface area contributed by atoms with E-state index in [-0.39, 0.29) is 11.7 Å². The molecule has 2 aromatic heterocycles. The lowest BCUT2D eigenvalue weighted by Gasteiger charge is -2.11. The number of thioether (sulfide) groups is 1. The molecular formula is C19H23N5O3S. The fourth-order valence-corrected chi connectivity index (χ4v) is 3.42. The Hall–Kier alpha value is -2.94. The first-order valence-corrected chi connectivity index (χ1v) is 9.63. The van der Waals surface area contributed by atoms with E-state index in [1.165, 1.54) is 11.8 Å². The van der Waals surface area contributed by atoms with Crippen molar-refractivity contribution in [3.05, 3.63) is 48.0 Å². The Morgan fingerprint density at radius 3 is 2.68 bits per heavy atom. The van der Waals surface area contributed by atoms with E-state index in [1.54, 1.807) is 32.4 Å². The van der Waals surface area contributed by atoms with Gasteiger partial charge in [0.15, 0.2) is 5.16 Å². The van der Waals surface area contributed by atoms with Crippen molar-refractivity contribution in [1.29, 1.82) is 0 Å². The Kier molecular flexibility index (Phi) is 6.25. The van der Waals surface area contributed by atoms with Gasteiger partial charge in [-0.2, -0.15) is 0 Å². The Morgan fingerprint density at radius 1 is 1.18 bits per heavy atom. The molecule has 1 N–H and O–H groups in total. The number of rotatable bonds is 8. The van der Waals surface area contributed by atoms with Gasteiger partial charge in [0.2, 0.25) is 5.91 Å². The topological polar surface area (TPSA) is 83.2 Å². The van der Waals surface area contributed by atoms with Crippen LogP contribution < -0.4 is 14.8 Å². The normalized spacial score (nSPS) is 10.7. The molecule has 3 aromatic rings. The van der Waals surface area contributed by atoms with Gasteiger partial charge >= 0.3 is 0 Å². The summed E-state index contributed by atoms with van der Waals surface area (Å²) in [4.78, 5) is 12.4. The smallest absolute Gasteiger partial charge is 0.234 e. The predicted molar refractivity (Wildman–Crippen MR) is 108 cm³/mol. The number of aromatic nitrogens is 4. The lowest BCUT2D eigenvalue weighted by molar-refractivity contribution is -0.113. The van der Waals surface area contributed by atoms with E-state index >= 15 is 0 Å². The molecule has 0 fully saturated rings. The van der Waals surface area contributed by atoms with E-state index in [2.05, 4.69) is 26.1 Å². The summed E-state index contributed by atoms with van der Waals surface area (Å²) in [6.45, 7) is 0. The van der Waals surface area contributed by atoms with Gasteiger partial charge in [0.05, 0.1) is 25.7 Å². The molecule has 1 aromatic carbocycles. The number of aryl methyl sites for hydroxylation is 1. The molecule has 0 saturated carbocycles. The number of carbonyl (C=O) groups excluding carboxylic acids is 1. The number of nitrogens with one attached hydrogen (secondary N) is 1. The van der Waals surface area contributed by atoms with Gasteiger partial charge in [-0.3, -0.25) is 4.79 Å². The number of nitrogens with zero attached hydrogens (tertiary/aromatic N) is 4. The molecule has 0 spiro atoms. The summed E-state index contributed by atoms with van der Waals surface area (Å²) >= 11 is 1.33. The zero-order valence-corrected chi connectivity index (χ0v) is 17.1. The highest BCUT2D eigenvalue weighted by Gasteiger charge is 2.14. The number of ether oxygens (including phenoxy) is 2. The van der Waals surface area contributed by atoms with Crippen molar-refractivity contribution in [2.75, 3.05) is 25.3 Å². The molecule has 3 rings (SSSR count). The highest BCUT2D eigenvalue weighted by molar-refractivity contribution is 7.99. The van der Waals surface area contributed by atoms with Gasteiger partial charge in [-0.15, -0.1) is 10.2 Å². The van der Waals surface area contributed by atoms with Crippen LogP contribution in [0.25, 0.3) is 0 Å². The van der Waals surface area contributed by atoms with Crippen LogP contribution in [0.15, 0.2) is 41.7 Å². The van der Waals surface area contributed by atoms with Crippen molar-refractivity contribution in [3.8, 4) is 11.5 Å². The average Bonchev–Trinajstić information content (AvgIpc) is 3.26. The molecule has 8 nitrogen and oxygen atoms in total. The molecule has 0 unspecified atom stereocenters. The van der Waals surface area contributed by atoms with Crippen LogP contribution in [-0.4, -0.2) is 45.2 Å². The largest absolute Gasteiger partial charge is 0.497 e. The summed E-state index contributed by atoms with van der Waals surface area (Å²) in [6, 6.07) is 9.30. The van der Waals surface area contributed by atoms with Gasteiger partial charge in [0.25, 0.3) is 0 Å². The SMILES string of the molecule is COc1ccc(OC)c(NC(=O)CSc2nnc(Cc3cccn3C)n2C)c1. The molecule has 0 radical (unpaired) electrons. The van der Waals surface area contributed by atoms with E-state index in [0.29, 0.717) is 28.8 Å². The molecule has 0 atom stereocenters. The van der Waals surface area contributed by atoms with Crippen LogP contribution in [0.3, 0.4) is 0 Å². The summed E-state index contributed by atoms with van der Waals surface area (Å²) in [7, 11) is 7.03. The number of anilines is 1. The van der Waals surface area contributed by atoms with E-state index in [1.807, 2.05) is 30.9 Å². The summed E-state index contributed by atoms with van der Waals surface area (Å²) in [5.74, 6) is 2.10. The predicted octanol–water partition coefficient (Wildman–Crippen LogP) is 2.49. The van der Waals surface area contributed by atoms with Crippen LogP contribution in [0.5, 0.6) is 11.5 Å². The van der Waals surface area contributed by atoms with Crippen LogP contribution in [0, 0.1) is 0 Å². The lowest BCUT2D eigenvalue weighted by Crippen LogP contribution is -2.15. The Morgan fingerprint density at radius 2 is 2.00 bits per heavy atom. The molecule has 0 aliphatic heterocycles. The monoisotopic (exact) mass is 401 g/mol. The van der Waals surface area contributed by atoms with Crippen molar-refractivity contribution in [1.82, 2.24) is 19.3 Å². The van der Waals surface area contributed by atoms with E-state index in [0.717, 1.165) is 11.5 Å². The second-order valence-electron chi connectivity index (χ2n) is 6.15. The van der Waals surface area contributed by atoms with Crippen molar-refractivity contribution in [2.24, 2.45) is 14.1 Å². The highest BCUT2D eigenvalue weighted by Crippen LogP contribution is 2.29.